The SMILES string of the molecule is CC(C)CNc1cncc(-c2ccc(S(C)(=O)=O)cc2)n1. The average Bonchev–Trinajstić information content (AvgIpc) is 2.45. The van der Waals surface area contributed by atoms with Crippen molar-refractivity contribution in [3.8, 4) is 11.3 Å². The molecule has 0 aliphatic carbocycles. The third-order valence-electron chi connectivity index (χ3n) is 2.90. The van der Waals surface area contributed by atoms with Crippen LogP contribution in [0.25, 0.3) is 11.3 Å². The minimum Gasteiger partial charge on any atom is -0.369 e. The Balaban J connectivity index is 2.24. The van der Waals surface area contributed by atoms with E-state index >= 15 is 0 Å². The van der Waals surface area contributed by atoms with Crippen molar-refractivity contribution in [3.05, 3.63) is 36.7 Å². The van der Waals surface area contributed by atoms with Crippen molar-refractivity contribution in [1.82, 2.24) is 9.97 Å². The molecule has 0 amide bonds. The molecule has 0 aliphatic heterocycles. The summed E-state index contributed by atoms with van der Waals surface area (Å²) in [7, 11) is -3.18. The summed E-state index contributed by atoms with van der Waals surface area (Å²) in [6.45, 7) is 5.06. The van der Waals surface area contributed by atoms with Crippen LogP contribution in [0.15, 0.2) is 41.6 Å². The highest BCUT2D eigenvalue weighted by Crippen LogP contribution is 2.20. The van der Waals surface area contributed by atoms with Crippen LogP contribution in [0.5, 0.6) is 0 Å². The molecule has 21 heavy (non-hydrogen) atoms. The molecule has 0 saturated carbocycles. The molecule has 112 valence electrons. The zero-order valence-electron chi connectivity index (χ0n) is 12.4. The first kappa shape index (κ1) is 15.4. The van der Waals surface area contributed by atoms with Crippen molar-refractivity contribution >= 4 is 15.7 Å². The summed E-state index contributed by atoms with van der Waals surface area (Å²) >= 11 is 0. The lowest BCUT2D eigenvalue weighted by Crippen LogP contribution is -2.09. The van der Waals surface area contributed by atoms with Crippen LogP contribution in [0.2, 0.25) is 0 Å². The summed E-state index contributed by atoms with van der Waals surface area (Å²) in [6.07, 6.45) is 4.53. The van der Waals surface area contributed by atoms with E-state index in [1.54, 1.807) is 36.7 Å². The van der Waals surface area contributed by atoms with Crippen LogP contribution >= 0.6 is 0 Å². The van der Waals surface area contributed by atoms with Crippen LogP contribution in [0.3, 0.4) is 0 Å². The van der Waals surface area contributed by atoms with E-state index in [1.165, 1.54) is 6.26 Å². The molecule has 2 aromatic rings. The topological polar surface area (TPSA) is 72.0 Å². The minimum absolute atomic E-state index is 0.299. The quantitative estimate of drug-likeness (QED) is 0.919. The highest BCUT2D eigenvalue weighted by Gasteiger charge is 2.08. The van der Waals surface area contributed by atoms with E-state index in [4.69, 9.17) is 0 Å². The van der Waals surface area contributed by atoms with Crippen LogP contribution in [-0.4, -0.2) is 31.2 Å². The summed E-state index contributed by atoms with van der Waals surface area (Å²) in [5, 5.41) is 3.22. The molecular formula is C15H19N3O2S. The molecule has 2 rings (SSSR count). The summed E-state index contributed by atoms with van der Waals surface area (Å²) in [6, 6.07) is 6.65. The molecule has 0 spiro atoms. The molecule has 6 heteroatoms. The van der Waals surface area contributed by atoms with Gasteiger partial charge in [-0.05, 0) is 18.1 Å². The first-order chi connectivity index (χ1) is 9.86. The largest absolute Gasteiger partial charge is 0.369 e. The molecule has 5 nitrogen and oxygen atoms in total. The molecule has 0 saturated heterocycles. The molecular weight excluding hydrogens is 286 g/mol. The normalized spacial score (nSPS) is 11.6. The van der Waals surface area contributed by atoms with Crippen molar-refractivity contribution in [2.75, 3.05) is 18.1 Å². The predicted molar refractivity (Wildman–Crippen MR) is 83.9 cm³/mol. The average molecular weight is 305 g/mol. The van der Waals surface area contributed by atoms with Crippen LogP contribution < -0.4 is 5.32 Å². The first-order valence-electron chi connectivity index (χ1n) is 6.72. The maximum atomic E-state index is 11.4. The van der Waals surface area contributed by atoms with Crippen molar-refractivity contribution < 1.29 is 8.42 Å². The van der Waals surface area contributed by atoms with Gasteiger partial charge in [-0.3, -0.25) is 4.98 Å². The van der Waals surface area contributed by atoms with Crippen LogP contribution in [0, 0.1) is 5.92 Å². The maximum Gasteiger partial charge on any atom is 0.175 e. The Morgan fingerprint density at radius 1 is 1.14 bits per heavy atom. The van der Waals surface area contributed by atoms with E-state index in [0.717, 1.165) is 12.1 Å². The van der Waals surface area contributed by atoms with E-state index in [-0.39, 0.29) is 0 Å². The zero-order valence-corrected chi connectivity index (χ0v) is 13.2. The van der Waals surface area contributed by atoms with Crippen LogP contribution in [0.4, 0.5) is 5.82 Å². The van der Waals surface area contributed by atoms with Gasteiger partial charge in [0.1, 0.15) is 5.82 Å². The lowest BCUT2D eigenvalue weighted by Gasteiger charge is -2.09. The molecule has 0 aliphatic rings. The molecule has 0 unspecified atom stereocenters. The highest BCUT2D eigenvalue weighted by molar-refractivity contribution is 7.90. The summed E-state index contributed by atoms with van der Waals surface area (Å²) < 4.78 is 22.9. The van der Waals surface area contributed by atoms with E-state index in [9.17, 15) is 8.42 Å². The minimum atomic E-state index is -3.18. The monoisotopic (exact) mass is 305 g/mol. The molecule has 0 bridgehead atoms. The number of sulfone groups is 1. The standard InChI is InChI=1S/C15H19N3O2S/c1-11(2)8-17-15-10-16-9-14(18-15)12-4-6-13(7-5-12)21(3,19)20/h4-7,9-11H,8H2,1-3H3,(H,17,18). The van der Waals surface area contributed by atoms with E-state index in [2.05, 4.69) is 29.1 Å². The van der Waals surface area contributed by atoms with Crippen molar-refractivity contribution in [2.45, 2.75) is 18.7 Å². The molecule has 0 radical (unpaired) electrons. The van der Waals surface area contributed by atoms with Gasteiger partial charge in [0.05, 0.1) is 23.0 Å². The second kappa shape index (κ2) is 6.22. The zero-order chi connectivity index (χ0) is 15.5. The number of aromatic nitrogens is 2. The Morgan fingerprint density at radius 3 is 2.38 bits per heavy atom. The van der Waals surface area contributed by atoms with Gasteiger partial charge < -0.3 is 5.32 Å². The van der Waals surface area contributed by atoms with Gasteiger partial charge in [-0.1, -0.05) is 26.0 Å². The van der Waals surface area contributed by atoms with Crippen LogP contribution in [-0.2, 0) is 9.84 Å². The van der Waals surface area contributed by atoms with Crippen molar-refractivity contribution in [2.24, 2.45) is 5.92 Å². The molecule has 1 N–H and O–H groups in total. The molecule has 1 aromatic heterocycles. The lowest BCUT2D eigenvalue weighted by atomic mass is 10.2. The van der Waals surface area contributed by atoms with Gasteiger partial charge in [0.25, 0.3) is 0 Å². The fraction of sp³-hybridized carbons (Fsp3) is 0.333. The van der Waals surface area contributed by atoms with Crippen LogP contribution in [0.1, 0.15) is 13.8 Å². The number of hydrogen-bond acceptors (Lipinski definition) is 5. The predicted octanol–water partition coefficient (Wildman–Crippen LogP) is 2.62. The maximum absolute atomic E-state index is 11.4. The molecule has 1 aromatic carbocycles. The number of hydrogen-bond donors (Lipinski definition) is 1. The van der Waals surface area contributed by atoms with Crippen molar-refractivity contribution in [3.63, 3.8) is 0 Å². The molecule has 0 fully saturated rings. The smallest absolute Gasteiger partial charge is 0.175 e. The Bertz CT molecular complexity index is 710. The lowest BCUT2D eigenvalue weighted by molar-refractivity contribution is 0.602. The number of anilines is 1. The Kier molecular flexibility index (Phi) is 4.57. The molecule has 1 heterocycles. The van der Waals surface area contributed by atoms with Gasteiger partial charge in [-0.15, -0.1) is 0 Å². The van der Waals surface area contributed by atoms with Gasteiger partial charge >= 0.3 is 0 Å². The number of benzene rings is 1. The summed E-state index contributed by atoms with van der Waals surface area (Å²) in [5.41, 5.74) is 1.55. The second-order valence-corrected chi connectivity index (χ2v) is 7.38. The van der Waals surface area contributed by atoms with Gasteiger partial charge in [0, 0.05) is 18.4 Å². The van der Waals surface area contributed by atoms with Gasteiger partial charge in [-0.25, -0.2) is 13.4 Å². The second-order valence-electron chi connectivity index (χ2n) is 5.36. The third kappa shape index (κ3) is 4.26. The molecule has 0 atom stereocenters. The highest BCUT2D eigenvalue weighted by atomic mass is 32.2. The summed E-state index contributed by atoms with van der Waals surface area (Å²) in [5.74, 6) is 1.23. The van der Waals surface area contributed by atoms with Gasteiger partial charge in [0.2, 0.25) is 0 Å². The first-order valence-corrected chi connectivity index (χ1v) is 8.62. The van der Waals surface area contributed by atoms with Crippen molar-refractivity contribution in [1.29, 1.82) is 0 Å². The Hall–Kier alpha value is -1.95. The van der Waals surface area contributed by atoms with Gasteiger partial charge in [-0.2, -0.15) is 0 Å². The van der Waals surface area contributed by atoms with E-state index in [0.29, 0.717) is 22.3 Å². The number of nitrogens with zero attached hydrogens (tertiary/aromatic N) is 2. The van der Waals surface area contributed by atoms with E-state index in [1.807, 2.05) is 0 Å². The fourth-order valence-corrected chi connectivity index (χ4v) is 2.40. The van der Waals surface area contributed by atoms with E-state index < -0.39 is 9.84 Å². The Morgan fingerprint density at radius 2 is 1.81 bits per heavy atom. The number of rotatable bonds is 5. The Labute approximate surface area is 125 Å². The summed E-state index contributed by atoms with van der Waals surface area (Å²) in [4.78, 5) is 8.95. The third-order valence-corrected chi connectivity index (χ3v) is 4.03. The number of nitrogens with one attached hydrogen (secondary N) is 1. The van der Waals surface area contributed by atoms with Gasteiger partial charge in [0.15, 0.2) is 9.84 Å². The fourth-order valence-electron chi connectivity index (χ4n) is 1.77.